The summed E-state index contributed by atoms with van der Waals surface area (Å²) < 4.78 is 32.9. The number of nitrogens with zero attached hydrogens (tertiary/aromatic N) is 4. The lowest BCUT2D eigenvalue weighted by Crippen LogP contribution is -2.44. The topological polar surface area (TPSA) is 113 Å². The number of ether oxygens (including phenoxy) is 3. The van der Waals surface area contributed by atoms with Crippen LogP contribution >= 0.6 is 15.9 Å². The number of benzene rings is 1. The molecule has 0 unspecified atom stereocenters. The lowest BCUT2D eigenvalue weighted by Gasteiger charge is -2.27. The number of rotatable bonds is 2. The predicted octanol–water partition coefficient (Wildman–Crippen LogP) is 7.46. The minimum atomic E-state index is -1.07. The van der Waals surface area contributed by atoms with Crippen LogP contribution in [0.25, 0.3) is 22.2 Å². The first-order valence-corrected chi connectivity index (χ1v) is 12.9. The van der Waals surface area contributed by atoms with E-state index in [0.29, 0.717) is 4.90 Å². The monoisotopic (exact) mass is 606 g/mol. The Hall–Kier alpha value is -3.54. The molecule has 10 nitrogen and oxygen atoms in total. The van der Waals surface area contributed by atoms with Gasteiger partial charge in [0.1, 0.15) is 28.1 Å². The first-order chi connectivity index (χ1) is 17.8. The lowest BCUT2D eigenvalue weighted by atomic mass is 10.1. The fraction of sp³-hybridized carbons (Fsp3) is 0.444. The average Bonchev–Trinajstić information content (AvgIpc) is 3.11. The summed E-state index contributed by atoms with van der Waals surface area (Å²) in [6.07, 6.45) is -0.284. The molecule has 0 aliphatic rings. The van der Waals surface area contributed by atoms with Gasteiger partial charge >= 0.3 is 18.3 Å². The van der Waals surface area contributed by atoms with Gasteiger partial charge in [0, 0.05) is 17.3 Å². The van der Waals surface area contributed by atoms with Crippen molar-refractivity contribution in [2.45, 2.75) is 79.1 Å². The molecule has 0 saturated heterocycles. The molecule has 2 aromatic heterocycles. The molecule has 0 radical (unpaired) electrons. The van der Waals surface area contributed by atoms with E-state index in [-0.39, 0.29) is 32.6 Å². The molecule has 2 heterocycles. The van der Waals surface area contributed by atoms with Crippen molar-refractivity contribution in [1.29, 1.82) is 0 Å². The molecule has 0 bridgehead atoms. The van der Waals surface area contributed by atoms with Crippen molar-refractivity contribution in [3.8, 4) is 11.1 Å². The zero-order valence-electron chi connectivity index (χ0n) is 23.4. The number of aromatic nitrogens is 3. The van der Waals surface area contributed by atoms with Crippen LogP contribution in [0.4, 0.5) is 24.7 Å². The van der Waals surface area contributed by atoms with E-state index in [1.165, 1.54) is 24.5 Å². The summed E-state index contributed by atoms with van der Waals surface area (Å²) in [5.74, 6) is -0.985. The third-order valence-corrected chi connectivity index (χ3v) is 5.33. The summed E-state index contributed by atoms with van der Waals surface area (Å²) in [7, 11) is 0. The standard InChI is InChI=1S/C27H32BrFN4O6/c1-25(2,3)37-22(34)32-14-16(15-11-10-12-17(28)19(15)29)20-18(32)13-30-21(31-20)33(23(35)38-26(4,5)6)24(36)39-27(7,8)9/h10-14H,1-9H3. The van der Waals surface area contributed by atoms with Gasteiger partial charge in [0.25, 0.3) is 0 Å². The zero-order chi connectivity index (χ0) is 29.5. The number of amides is 2. The molecule has 2 amide bonds. The second kappa shape index (κ2) is 10.6. The number of hydrogen-bond acceptors (Lipinski definition) is 8. The molecular weight excluding hydrogens is 575 g/mol. The van der Waals surface area contributed by atoms with E-state index in [4.69, 9.17) is 14.2 Å². The minimum Gasteiger partial charge on any atom is -0.443 e. The summed E-state index contributed by atoms with van der Waals surface area (Å²) in [5, 5.41) is 0. The van der Waals surface area contributed by atoms with Gasteiger partial charge in [-0.05, 0) is 84.3 Å². The summed E-state index contributed by atoms with van der Waals surface area (Å²) in [6.45, 7) is 14.9. The van der Waals surface area contributed by atoms with Crippen LogP contribution in [0.3, 0.4) is 0 Å². The van der Waals surface area contributed by atoms with Crippen molar-refractivity contribution in [2.75, 3.05) is 4.90 Å². The van der Waals surface area contributed by atoms with E-state index < -0.39 is 40.9 Å². The number of fused-ring (bicyclic) bond motifs is 1. The van der Waals surface area contributed by atoms with Gasteiger partial charge in [0.05, 0.1) is 16.2 Å². The molecular formula is C27H32BrFN4O6. The van der Waals surface area contributed by atoms with Crippen molar-refractivity contribution in [2.24, 2.45) is 0 Å². The van der Waals surface area contributed by atoms with E-state index in [2.05, 4.69) is 25.9 Å². The summed E-state index contributed by atoms with van der Waals surface area (Å²) in [4.78, 5) is 48.5. The smallest absolute Gasteiger partial charge is 0.427 e. The molecule has 1 aromatic carbocycles. The molecule has 210 valence electrons. The van der Waals surface area contributed by atoms with E-state index >= 15 is 4.39 Å². The van der Waals surface area contributed by atoms with Crippen LogP contribution in [0.15, 0.2) is 35.1 Å². The van der Waals surface area contributed by atoms with Crippen LogP contribution in [0.1, 0.15) is 62.3 Å². The maximum atomic E-state index is 15.2. The van der Waals surface area contributed by atoms with Crippen molar-refractivity contribution in [3.05, 3.63) is 40.9 Å². The highest BCUT2D eigenvalue weighted by molar-refractivity contribution is 9.10. The molecule has 0 atom stereocenters. The van der Waals surface area contributed by atoms with Gasteiger partial charge in [-0.2, -0.15) is 0 Å². The van der Waals surface area contributed by atoms with Crippen molar-refractivity contribution < 1.29 is 33.0 Å². The number of anilines is 1. The Labute approximate surface area is 234 Å². The Morgan fingerprint density at radius 3 is 1.92 bits per heavy atom. The Bertz CT molecular complexity index is 1410. The number of hydrogen-bond donors (Lipinski definition) is 0. The highest BCUT2D eigenvalue weighted by Crippen LogP contribution is 2.35. The fourth-order valence-corrected chi connectivity index (χ4v) is 3.70. The molecule has 0 spiro atoms. The summed E-state index contributed by atoms with van der Waals surface area (Å²) >= 11 is 3.18. The maximum absolute atomic E-state index is 15.2. The van der Waals surface area contributed by atoms with E-state index in [9.17, 15) is 14.4 Å². The van der Waals surface area contributed by atoms with Gasteiger partial charge in [-0.15, -0.1) is 4.90 Å². The Morgan fingerprint density at radius 1 is 0.872 bits per heavy atom. The van der Waals surface area contributed by atoms with Crippen molar-refractivity contribution in [3.63, 3.8) is 0 Å². The first kappa shape index (κ1) is 30.0. The van der Waals surface area contributed by atoms with E-state index in [1.54, 1.807) is 68.4 Å². The second-order valence-corrected chi connectivity index (χ2v) is 12.5. The van der Waals surface area contributed by atoms with Crippen LogP contribution in [-0.2, 0) is 14.2 Å². The number of carbonyl (C=O) groups excluding carboxylic acids is 3. The Balaban J connectivity index is 2.28. The summed E-state index contributed by atoms with van der Waals surface area (Å²) in [6, 6.07) is 4.66. The first-order valence-electron chi connectivity index (χ1n) is 12.1. The quantitative estimate of drug-likeness (QED) is 0.276. The third-order valence-electron chi connectivity index (χ3n) is 4.71. The largest absolute Gasteiger partial charge is 0.443 e. The van der Waals surface area contributed by atoms with Crippen molar-refractivity contribution >= 4 is 51.2 Å². The highest BCUT2D eigenvalue weighted by Gasteiger charge is 2.35. The Kier molecular flexibility index (Phi) is 8.12. The molecule has 0 aliphatic carbocycles. The normalized spacial score (nSPS) is 12.3. The maximum Gasteiger partial charge on any atom is 0.427 e. The van der Waals surface area contributed by atoms with Gasteiger partial charge in [0.2, 0.25) is 5.95 Å². The third kappa shape index (κ3) is 7.31. The zero-order valence-corrected chi connectivity index (χ0v) is 25.0. The van der Waals surface area contributed by atoms with Gasteiger partial charge < -0.3 is 14.2 Å². The van der Waals surface area contributed by atoms with Gasteiger partial charge in [-0.25, -0.2) is 33.3 Å². The van der Waals surface area contributed by atoms with Crippen LogP contribution in [-0.4, -0.2) is 49.6 Å². The minimum absolute atomic E-state index is 0.0833. The molecule has 0 aliphatic heterocycles. The molecule has 3 rings (SSSR count). The number of imide groups is 1. The molecule has 3 aromatic rings. The van der Waals surface area contributed by atoms with Gasteiger partial charge in [0.15, 0.2) is 0 Å². The van der Waals surface area contributed by atoms with Crippen molar-refractivity contribution in [1.82, 2.24) is 14.5 Å². The number of halogens is 2. The highest BCUT2D eigenvalue weighted by atomic mass is 79.9. The van der Waals surface area contributed by atoms with E-state index in [0.717, 1.165) is 4.57 Å². The van der Waals surface area contributed by atoms with Crippen LogP contribution < -0.4 is 4.90 Å². The lowest BCUT2D eigenvalue weighted by molar-refractivity contribution is 0.0425. The molecule has 12 heteroatoms. The SMILES string of the molecule is CC(C)(C)OC(=O)N(C(=O)OC(C)(C)C)c1ncc2c(n1)c(-c1cccc(Br)c1F)cn2C(=O)OC(C)(C)C. The van der Waals surface area contributed by atoms with Crippen LogP contribution in [0, 0.1) is 5.82 Å². The molecule has 0 saturated carbocycles. The predicted molar refractivity (Wildman–Crippen MR) is 147 cm³/mol. The molecule has 0 N–H and O–H groups in total. The number of carbonyl (C=O) groups is 3. The van der Waals surface area contributed by atoms with Crippen LogP contribution in [0.5, 0.6) is 0 Å². The molecule has 39 heavy (non-hydrogen) atoms. The van der Waals surface area contributed by atoms with Gasteiger partial charge in [-0.3, -0.25) is 0 Å². The molecule has 0 fully saturated rings. The van der Waals surface area contributed by atoms with Gasteiger partial charge in [-0.1, -0.05) is 12.1 Å². The fourth-order valence-electron chi connectivity index (χ4n) is 3.33. The summed E-state index contributed by atoms with van der Waals surface area (Å²) in [5.41, 5.74) is -2.16. The average molecular weight is 607 g/mol. The Morgan fingerprint density at radius 2 is 1.41 bits per heavy atom. The van der Waals surface area contributed by atoms with Crippen LogP contribution in [0.2, 0.25) is 0 Å². The van der Waals surface area contributed by atoms with E-state index in [1.807, 2.05) is 0 Å². The second-order valence-electron chi connectivity index (χ2n) is 11.7.